The zero-order valence-electron chi connectivity index (χ0n) is 24.6. The quantitative estimate of drug-likeness (QED) is 0.174. The van der Waals surface area contributed by atoms with Crippen molar-refractivity contribution in [1.29, 1.82) is 0 Å². The Hall–Kier alpha value is -4.38. The minimum absolute atomic E-state index is 0.0819. The Morgan fingerprint density at radius 2 is 1.56 bits per heavy atom. The van der Waals surface area contributed by atoms with Gasteiger partial charge in [0.2, 0.25) is 0 Å². The van der Waals surface area contributed by atoms with Gasteiger partial charge in [0.15, 0.2) is 0 Å². The number of allylic oxidation sites excluding steroid dienone is 1. The monoisotopic (exact) mass is 548 g/mol. The molecule has 0 fully saturated rings. The number of hydrogen-bond acceptors (Lipinski definition) is 3. The highest BCUT2D eigenvalue weighted by Gasteiger charge is 2.24. The fraction of sp³-hybridized carbons (Fsp3) is 0.278. The zero-order chi connectivity index (χ0) is 29.2. The molecule has 2 N–H and O–H groups in total. The summed E-state index contributed by atoms with van der Waals surface area (Å²) in [5.74, 6) is 0.256. The molecule has 1 aromatic heterocycles. The lowest BCUT2D eigenvalue weighted by Gasteiger charge is -2.18. The molecule has 41 heavy (non-hydrogen) atoms. The van der Waals surface area contributed by atoms with Gasteiger partial charge in [0.1, 0.15) is 11.3 Å². The van der Waals surface area contributed by atoms with Crippen molar-refractivity contribution < 1.29 is 9.53 Å². The third-order valence-electron chi connectivity index (χ3n) is 7.08. The first-order valence-corrected chi connectivity index (χ1v) is 14.6. The molecule has 0 atom stereocenters. The summed E-state index contributed by atoms with van der Waals surface area (Å²) in [6, 6.07) is 23.5. The summed E-state index contributed by atoms with van der Waals surface area (Å²) in [5, 5.41) is 2.93. The smallest absolute Gasteiger partial charge is 0.261 e. The molecule has 5 heteroatoms. The van der Waals surface area contributed by atoms with Gasteiger partial charge in [-0.25, -0.2) is 0 Å². The predicted octanol–water partition coefficient (Wildman–Crippen LogP) is 8.82. The van der Waals surface area contributed by atoms with Crippen molar-refractivity contribution in [2.75, 3.05) is 11.9 Å². The summed E-state index contributed by atoms with van der Waals surface area (Å²) in [6.07, 6.45) is 9.48. The molecule has 0 unspecified atom stereocenters. The lowest BCUT2D eigenvalue weighted by atomic mass is 9.90. The number of hydrogen-bond donors (Lipinski definition) is 2. The lowest BCUT2D eigenvalue weighted by molar-refractivity contribution is 0.102. The van der Waals surface area contributed by atoms with E-state index in [1.807, 2.05) is 44.2 Å². The van der Waals surface area contributed by atoms with E-state index in [9.17, 15) is 9.59 Å². The van der Waals surface area contributed by atoms with Crippen LogP contribution in [0.25, 0.3) is 28.5 Å². The van der Waals surface area contributed by atoms with Crippen molar-refractivity contribution in [1.82, 2.24) is 4.98 Å². The highest BCUT2D eigenvalue weighted by atomic mass is 16.5. The van der Waals surface area contributed by atoms with Gasteiger partial charge in [-0.15, -0.1) is 0 Å². The van der Waals surface area contributed by atoms with Gasteiger partial charge in [-0.3, -0.25) is 9.59 Å². The SMILES string of the molecule is CC/C=C/c1c(-c2ccc(CCCCC)cc2)[nH]c(=O)c(C(=O)Nc2ccc(OCC)cc2)c1-c1ccc(C)cc1. The van der Waals surface area contributed by atoms with Crippen LogP contribution in [0.15, 0.2) is 83.7 Å². The van der Waals surface area contributed by atoms with Crippen LogP contribution in [0.3, 0.4) is 0 Å². The van der Waals surface area contributed by atoms with E-state index in [1.54, 1.807) is 24.3 Å². The van der Waals surface area contributed by atoms with Gasteiger partial charge in [-0.05, 0) is 74.1 Å². The minimum atomic E-state index is -0.463. The number of amides is 1. The Balaban J connectivity index is 1.85. The summed E-state index contributed by atoms with van der Waals surface area (Å²) in [5.41, 5.74) is 6.46. The summed E-state index contributed by atoms with van der Waals surface area (Å²) in [7, 11) is 0. The average Bonchev–Trinajstić information content (AvgIpc) is 2.98. The molecule has 1 heterocycles. The molecule has 0 aliphatic heterocycles. The van der Waals surface area contributed by atoms with E-state index in [2.05, 4.69) is 54.5 Å². The van der Waals surface area contributed by atoms with E-state index >= 15 is 0 Å². The first kappa shape index (κ1) is 29.6. The Morgan fingerprint density at radius 1 is 0.878 bits per heavy atom. The molecule has 212 valence electrons. The Kier molecular flexibility index (Phi) is 10.3. The number of benzene rings is 3. The Bertz CT molecular complexity index is 1530. The summed E-state index contributed by atoms with van der Waals surface area (Å²) >= 11 is 0. The Morgan fingerprint density at radius 3 is 2.20 bits per heavy atom. The molecule has 0 bridgehead atoms. The predicted molar refractivity (Wildman–Crippen MR) is 171 cm³/mol. The first-order valence-electron chi connectivity index (χ1n) is 14.6. The molecule has 0 radical (unpaired) electrons. The van der Waals surface area contributed by atoms with E-state index in [1.165, 1.54) is 18.4 Å². The van der Waals surface area contributed by atoms with Crippen molar-refractivity contribution in [3.05, 3.63) is 111 Å². The highest BCUT2D eigenvalue weighted by molar-refractivity contribution is 6.10. The number of carbonyl (C=O) groups excluding carboxylic acids is 1. The number of nitrogens with one attached hydrogen (secondary N) is 2. The number of aryl methyl sites for hydroxylation is 2. The summed E-state index contributed by atoms with van der Waals surface area (Å²) < 4.78 is 5.52. The van der Waals surface area contributed by atoms with Crippen LogP contribution in [-0.4, -0.2) is 17.5 Å². The number of rotatable bonds is 12. The van der Waals surface area contributed by atoms with E-state index in [0.717, 1.165) is 47.3 Å². The standard InChI is InChI=1S/C36H40N2O3/c1-5-8-10-11-26-15-19-28(20-16-26)34-31(12-9-6-2)32(27-17-13-25(4)14-18-27)33(36(40)38-34)35(39)37-29-21-23-30(24-22-29)41-7-3/h9,12-24H,5-8,10-11H2,1-4H3,(H,37,39)(H,38,40)/b12-9+. The normalized spacial score (nSPS) is 11.1. The van der Waals surface area contributed by atoms with Crippen LogP contribution in [0.4, 0.5) is 5.69 Å². The fourth-order valence-electron chi connectivity index (χ4n) is 4.90. The van der Waals surface area contributed by atoms with Crippen molar-refractivity contribution in [3.63, 3.8) is 0 Å². The van der Waals surface area contributed by atoms with Crippen LogP contribution in [0.2, 0.25) is 0 Å². The third kappa shape index (κ3) is 7.43. The molecule has 5 nitrogen and oxygen atoms in total. The van der Waals surface area contributed by atoms with Gasteiger partial charge in [0, 0.05) is 16.8 Å². The third-order valence-corrected chi connectivity index (χ3v) is 7.08. The van der Waals surface area contributed by atoms with E-state index in [0.29, 0.717) is 23.6 Å². The zero-order valence-corrected chi connectivity index (χ0v) is 24.6. The van der Waals surface area contributed by atoms with Gasteiger partial charge in [0.05, 0.1) is 12.3 Å². The number of aromatic nitrogens is 1. The van der Waals surface area contributed by atoms with Crippen molar-refractivity contribution in [3.8, 4) is 28.1 Å². The Labute approximate surface area is 243 Å². The summed E-state index contributed by atoms with van der Waals surface area (Å²) in [4.78, 5) is 30.6. The molecule has 0 saturated carbocycles. The molecular weight excluding hydrogens is 508 g/mol. The van der Waals surface area contributed by atoms with Crippen LogP contribution in [-0.2, 0) is 6.42 Å². The number of carbonyl (C=O) groups is 1. The number of unbranched alkanes of at least 4 members (excludes halogenated alkanes) is 2. The number of H-pyrrole nitrogens is 1. The molecule has 3 aromatic carbocycles. The molecular formula is C36H40N2O3. The first-order chi connectivity index (χ1) is 19.9. The van der Waals surface area contributed by atoms with E-state index in [-0.39, 0.29) is 5.56 Å². The number of aromatic amines is 1. The van der Waals surface area contributed by atoms with Crippen LogP contribution >= 0.6 is 0 Å². The van der Waals surface area contributed by atoms with Gasteiger partial charge < -0.3 is 15.0 Å². The van der Waals surface area contributed by atoms with Gasteiger partial charge in [0.25, 0.3) is 11.5 Å². The molecule has 0 spiro atoms. The van der Waals surface area contributed by atoms with Crippen LogP contribution in [0.1, 0.15) is 73.5 Å². The second kappa shape index (κ2) is 14.3. The molecule has 4 aromatic rings. The van der Waals surface area contributed by atoms with Crippen molar-refractivity contribution in [2.24, 2.45) is 0 Å². The van der Waals surface area contributed by atoms with Crippen LogP contribution < -0.4 is 15.6 Å². The molecule has 0 saturated heterocycles. The topological polar surface area (TPSA) is 71.2 Å². The van der Waals surface area contributed by atoms with Gasteiger partial charge >= 0.3 is 0 Å². The number of anilines is 1. The fourth-order valence-corrected chi connectivity index (χ4v) is 4.90. The maximum absolute atomic E-state index is 13.8. The van der Waals surface area contributed by atoms with Crippen LogP contribution in [0.5, 0.6) is 5.75 Å². The van der Waals surface area contributed by atoms with Crippen LogP contribution in [0, 0.1) is 6.92 Å². The summed E-state index contributed by atoms with van der Waals surface area (Å²) in [6.45, 7) is 8.77. The molecule has 1 amide bonds. The molecule has 4 rings (SSSR count). The lowest BCUT2D eigenvalue weighted by Crippen LogP contribution is -2.26. The number of ether oxygens (including phenoxy) is 1. The maximum Gasteiger partial charge on any atom is 0.261 e. The second-order valence-corrected chi connectivity index (χ2v) is 10.2. The molecule has 0 aliphatic carbocycles. The number of pyridine rings is 1. The largest absolute Gasteiger partial charge is 0.494 e. The van der Waals surface area contributed by atoms with E-state index in [4.69, 9.17) is 4.74 Å². The van der Waals surface area contributed by atoms with Crippen molar-refractivity contribution in [2.45, 2.75) is 59.8 Å². The average molecular weight is 549 g/mol. The second-order valence-electron chi connectivity index (χ2n) is 10.2. The van der Waals surface area contributed by atoms with Gasteiger partial charge in [-0.2, -0.15) is 0 Å². The highest BCUT2D eigenvalue weighted by Crippen LogP contribution is 2.34. The van der Waals surface area contributed by atoms with Crippen molar-refractivity contribution >= 4 is 17.7 Å². The molecule has 0 aliphatic rings. The maximum atomic E-state index is 13.8. The van der Waals surface area contributed by atoms with E-state index < -0.39 is 11.5 Å². The van der Waals surface area contributed by atoms with Gasteiger partial charge in [-0.1, -0.05) is 92.9 Å². The minimum Gasteiger partial charge on any atom is -0.494 e.